The zero-order valence-electron chi connectivity index (χ0n) is 11.8. The monoisotopic (exact) mass is 249 g/mol. The van der Waals surface area contributed by atoms with Gasteiger partial charge in [0, 0.05) is 23.1 Å². The van der Waals surface area contributed by atoms with Gasteiger partial charge in [0.05, 0.1) is 14.2 Å². The molecule has 0 spiro atoms. The van der Waals surface area contributed by atoms with E-state index in [4.69, 9.17) is 9.47 Å². The summed E-state index contributed by atoms with van der Waals surface area (Å²) < 4.78 is 11.0. The Hall–Kier alpha value is -1.22. The Morgan fingerprint density at radius 1 is 1.22 bits per heavy atom. The molecule has 3 nitrogen and oxygen atoms in total. The van der Waals surface area contributed by atoms with Crippen molar-refractivity contribution in [1.82, 2.24) is 5.32 Å². The molecule has 3 heteroatoms. The molecule has 0 atom stereocenters. The standard InChI is InChI=1S/C15H23NO2/c1-11-13(17-3)7-6-12(14(11)18-4)15(10-16-2)8-5-9-15/h6-7,16H,5,8-10H2,1-4H3. The minimum atomic E-state index is 0.247. The highest BCUT2D eigenvalue weighted by Gasteiger charge is 2.40. The molecule has 2 rings (SSSR count). The second kappa shape index (κ2) is 5.19. The predicted molar refractivity (Wildman–Crippen MR) is 73.7 cm³/mol. The van der Waals surface area contributed by atoms with Crippen LogP contribution < -0.4 is 14.8 Å². The summed E-state index contributed by atoms with van der Waals surface area (Å²) in [6.07, 6.45) is 3.77. The Kier molecular flexibility index (Phi) is 3.81. The molecule has 0 heterocycles. The summed E-state index contributed by atoms with van der Waals surface area (Å²) in [5.74, 6) is 1.89. The Morgan fingerprint density at radius 3 is 2.39 bits per heavy atom. The predicted octanol–water partition coefficient (Wildman–Crippen LogP) is 2.65. The van der Waals surface area contributed by atoms with Crippen molar-refractivity contribution in [3.8, 4) is 11.5 Å². The lowest BCUT2D eigenvalue weighted by Gasteiger charge is -2.43. The van der Waals surface area contributed by atoms with Crippen LogP contribution in [0.15, 0.2) is 12.1 Å². The summed E-state index contributed by atoms with van der Waals surface area (Å²) in [7, 11) is 5.47. The summed E-state index contributed by atoms with van der Waals surface area (Å²) in [6.45, 7) is 3.07. The lowest BCUT2D eigenvalue weighted by Crippen LogP contribution is -2.43. The molecule has 1 aliphatic rings. The van der Waals surface area contributed by atoms with E-state index < -0.39 is 0 Å². The van der Waals surface area contributed by atoms with E-state index in [2.05, 4.69) is 24.4 Å². The van der Waals surface area contributed by atoms with E-state index in [1.54, 1.807) is 14.2 Å². The lowest BCUT2D eigenvalue weighted by atomic mass is 9.64. The van der Waals surface area contributed by atoms with Gasteiger partial charge in [0.15, 0.2) is 0 Å². The van der Waals surface area contributed by atoms with Gasteiger partial charge in [-0.25, -0.2) is 0 Å². The first-order chi connectivity index (χ1) is 8.68. The Morgan fingerprint density at radius 2 is 1.94 bits per heavy atom. The van der Waals surface area contributed by atoms with E-state index in [1.165, 1.54) is 24.8 Å². The maximum absolute atomic E-state index is 5.64. The molecule has 0 aliphatic heterocycles. The maximum Gasteiger partial charge on any atom is 0.129 e. The van der Waals surface area contributed by atoms with Crippen molar-refractivity contribution in [3.05, 3.63) is 23.3 Å². The summed E-state index contributed by atoms with van der Waals surface area (Å²) >= 11 is 0. The van der Waals surface area contributed by atoms with E-state index in [0.717, 1.165) is 23.6 Å². The molecule has 0 amide bonds. The first-order valence-corrected chi connectivity index (χ1v) is 6.55. The number of rotatable bonds is 5. The van der Waals surface area contributed by atoms with Crippen LogP contribution in [0.5, 0.6) is 11.5 Å². The van der Waals surface area contributed by atoms with Gasteiger partial charge < -0.3 is 14.8 Å². The van der Waals surface area contributed by atoms with Gasteiger partial charge in [-0.15, -0.1) is 0 Å². The average molecular weight is 249 g/mol. The topological polar surface area (TPSA) is 30.5 Å². The number of hydrogen-bond acceptors (Lipinski definition) is 3. The van der Waals surface area contributed by atoms with Crippen LogP contribution in [0.4, 0.5) is 0 Å². The van der Waals surface area contributed by atoms with Crippen LogP contribution in [-0.2, 0) is 5.41 Å². The smallest absolute Gasteiger partial charge is 0.129 e. The fraction of sp³-hybridized carbons (Fsp3) is 0.600. The highest BCUT2D eigenvalue weighted by Crippen LogP contribution is 2.48. The van der Waals surface area contributed by atoms with Gasteiger partial charge in [-0.1, -0.05) is 12.5 Å². The number of methoxy groups -OCH3 is 2. The molecule has 0 bridgehead atoms. The molecule has 1 aromatic carbocycles. The molecular formula is C15H23NO2. The molecule has 0 saturated heterocycles. The van der Waals surface area contributed by atoms with Gasteiger partial charge in [0.1, 0.15) is 11.5 Å². The number of nitrogens with one attached hydrogen (secondary N) is 1. The highest BCUT2D eigenvalue weighted by molar-refractivity contribution is 5.53. The normalized spacial score (nSPS) is 17.1. The molecule has 0 aromatic heterocycles. The minimum Gasteiger partial charge on any atom is -0.496 e. The number of likely N-dealkylation sites (N-methyl/N-ethyl adjacent to an activating group) is 1. The maximum atomic E-state index is 5.64. The van der Waals surface area contributed by atoms with Crippen LogP contribution in [0.3, 0.4) is 0 Å². The zero-order chi connectivity index (χ0) is 13.2. The molecule has 18 heavy (non-hydrogen) atoms. The summed E-state index contributed by atoms with van der Waals surface area (Å²) in [5, 5.41) is 3.32. The summed E-state index contributed by atoms with van der Waals surface area (Å²) in [5.41, 5.74) is 2.67. The van der Waals surface area contributed by atoms with Crippen LogP contribution in [0, 0.1) is 6.92 Å². The molecule has 1 saturated carbocycles. The van der Waals surface area contributed by atoms with Gasteiger partial charge in [0.2, 0.25) is 0 Å². The highest BCUT2D eigenvalue weighted by atomic mass is 16.5. The van der Waals surface area contributed by atoms with Crippen LogP contribution in [0.25, 0.3) is 0 Å². The fourth-order valence-electron chi connectivity index (χ4n) is 3.06. The van der Waals surface area contributed by atoms with E-state index in [-0.39, 0.29) is 5.41 Å². The Bertz CT molecular complexity index is 425. The SMILES string of the molecule is CNCC1(c2ccc(OC)c(C)c2OC)CCC1. The number of benzene rings is 1. The Labute approximate surface area is 109 Å². The third-order valence-corrected chi connectivity index (χ3v) is 4.18. The minimum absolute atomic E-state index is 0.247. The van der Waals surface area contributed by atoms with Crippen molar-refractivity contribution in [1.29, 1.82) is 0 Å². The van der Waals surface area contributed by atoms with Crippen molar-refractivity contribution >= 4 is 0 Å². The molecule has 100 valence electrons. The van der Waals surface area contributed by atoms with Crippen LogP contribution in [0.2, 0.25) is 0 Å². The van der Waals surface area contributed by atoms with Crippen molar-refractivity contribution in [3.63, 3.8) is 0 Å². The lowest BCUT2D eigenvalue weighted by molar-refractivity contribution is 0.229. The molecule has 1 N–H and O–H groups in total. The van der Waals surface area contributed by atoms with Crippen LogP contribution in [-0.4, -0.2) is 27.8 Å². The van der Waals surface area contributed by atoms with E-state index >= 15 is 0 Å². The first-order valence-electron chi connectivity index (χ1n) is 6.55. The van der Waals surface area contributed by atoms with Crippen LogP contribution >= 0.6 is 0 Å². The number of hydrogen-bond donors (Lipinski definition) is 1. The van der Waals surface area contributed by atoms with Crippen molar-refractivity contribution < 1.29 is 9.47 Å². The van der Waals surface area contributed by atoms with E-state index in [1.807, 2.05) is 7.05 Å². The third kappa shape index (κ3) is 1.97. The summed E-state index contributed by atoms with van der Waals surface area (Å²) in [4.78, 5) is 0. The quantitative estimate of drug-likeness (QED) is 0.870. The van der Waals surface area contributed by atoms with E-state index in [0.29, 0.717) is 0 Å². The largest absolute Gasteiger partial charge is 0.496 e. The average Bonchev–Trinajstić information content (AvgIpc) is 2.33. The molecular weight excluding hydrogens is 226 g/mol. The zero-order valence-corrected chi connectivity index (χ0v) is 11.8. The molecule has 0 radical (unpaired) electrons. The van der Waals surface area contributed by atoms with E-state index in [9.17, 15) is 0 Å². The van der Waals surface area contributed by atoms with Gasteiger partial charge in [0.25, 0.3) is 0 Å². The van der Waals surface area contributed by atoms with Gasteiger partial charge in [-0.2, -0.15) is 0 Å². The second-order valence-corrected chi connectivity index (χ2v) is 5.14. The molecule has 1 aliphatic carbocycles. The van der Waals surface area contributed by atoms with Crippen LogP contribution in [0.1, 0.15) is 30.4 Å². The van der Waals surface area contributed by atoms with Gasteiger partial charge in [-0.3, -0.25) is 0 Å². The van der Waals surface area contributed by atoms with Crippen molar-refractivity contribution in [2.75, 3.05) is 27.8 Å². The first kappa shape index (κ1) is 13.2. The van der Waals surface area contributed by atoms with Crippen molar-refractivity contribution in [2.45, 2.75) is 31.6 Å². The summed E-state index contributed by atoms with van der Waals surface area (Å²) in [6, 6.07) is 4.23. The Balaban J connectivity index is 2.47. The van der Waals surface area contributed by atoms with Crippen molar-refractivity contribution in [2.24, 2.45) is 0 Å². The second-order valence-electron chi connectivity index (χ2n) is 5.14. The third-order valence-electron chi connectivity index (χ3n) is 4.18. The number of ether oxygens (including phenoxy) is 2. The van der Waals surface area contributed by atoms with Gasteiger partial charge in [-0.05, 0) is 32.9 Å². The van der Waals surface area contributed by atoms with Gasteiger partial charge >= 0.3 is 0 Å². The molecule has 1 fully saturated rings. The molecule has 0 unspecified atom stereocenters. The molecule has 1 aromatic rings. The fourth-order valence-corrected chi connectivity index (χ4v) is 3.06.